The molecule has 1 atom stereocenters. The number of aromatic nitrogens is 1. The number of rotatable bonds is 4. The van der Waals surface area contributed by atoms with Gasteiger partial charge in [0.1, 0.15) is 0 Å². The van der Waals surface area contributed by atoms with Gasteiger partial charge in [-0.3, -0.25) is 24.6 Å². The van der Waals surface area contributed by atoms with Crippen LogP contribution in [0.25, 0.3) is 0 Å². The number of benzene rings is 1. The van der Waals surface area contributed by atoms with Crippen LogP contribution in [0.4, 0.5) is 10.8 Å². The molecule has 2 aromatic rings. The van der Waals surface area contributed by atoms with Crippen molar-refractivity contribution in [2.45, 2.75) is 38.8 Å². The van der Waals surface area contributed by atoms with E-state index in [1.807, 2.05) is 19.2 Å². The van der Waals surface area contributed by atoms with Crippen molar-refractivity contribution in [2.75, 3.05) is 16.8 Å². The second-order valence-electron chi connectivity index (χ2n) is 6.77. The first-order valence-corrected chi connectivity index (χ1v) is 9.84. The Bertz CT molecular complexity index is 941. The van der Waals surface area contributed by atoms with Gasteiger partial charge >= 0.3 is 0 Å². The predicted octanol–water partition coefficient (Wildman–Crippen LogP) is 2.78. The van der Waals surface area contributed by atoms with E-state index in [-0.39, 0.29) is 30.6 Å². The number of carbonyl (C=O) groups excluding carboxylic acids is 3. The van der Waals surface area contributed by atoms with Gasteiger partial charge in [-0.15, -0.1) is 11.3 Å². The summed E-state index contributed by atoms with van der Waals surface area (Å²) < 4.78 is 0. The number of amides is 3. The Morgan fingerprint density at radius 2 is 2.11 bits per heavy atom. The average molecular weight is 384 g/mol. The number of hydrogen-bond donors (Lipinski definition) is 1. The van der Waals surface area contributed by atoms with Gasteiger partial charge in [0.25, 0.3) is 11.8 Å². The Morgan fingerprint density at radius 3 is 2.81 bits per heavy atom. The lowest BCUT2D eigenvalue weighted by molar-refractivity contribution is -0.128. The Morgan fingerprint density at radius 1 is 1.33 bits per heavy atom. The standard InChI is InChI=1S/C19H20N4O3S/c1-3-10-22-16(25)13-6-4-5-7-14(13)23-15(24)8-9-19(22,23)17(26)21-18-20-12(2)11-27-18/h4-7,11H,3,8-10H2,1-2H3,(H,20,21,26)/t19-/m1/s1. The van der Waals surface area contributed by atoms with Crippen LogP contribution in [-0.4, -0.2) is 39.8 Å². The Labute approximate surface area is 161 Å². The van der Waals surface area contributed by atoms with Crippen LogP contribution in [0.3, 0.4) is 0 Å². The molecule has 8 heteroatoms. The van der Waals surface area contributed by atoms with Crippen molar-refractivity contribution in [3.8, 4) is 0 Å². The van der Waals surface area contributed by atoms with Crippen LogP contribution < -0.4 is 10.2 Å². The highest BCUT2D eigenvalue weighted by atomic mass is 32.1. The summed E-state index contributed by atoms with van der Waals surface area (Å²) in [4.78, 5) is 46.8. The van der Waals surface area contributed by atoms with Crippen LogP contribution in [0.15, 0.2) is 29.6 Å². The van der Waals surface area contributed by atoms with Gasteiger partial charge in [0.05, 0.1) is 16.9 Å². The zero-order valence-corrected chi connectivity index (χ0v) is 16.0. The second kappa shape index (κ2) is 6.45. The molecule has 140 valence electrons. The minimum absolute atomic E-state index is 0.151. The molecule has 1 aromatic carbocycles. The van der Waals surface area contributed by atoms with E-state index in [1.54, 1.807) is 29.2 Å². The van der Waals surface area contributed by atoms with E-state index in [9.17, 15) is 14.4 Å². The summed E-state index contributed by atoms with van der Waals surface area (Å²) in [5, 5.41) is 5.15. The summed E-state index contributed by atoms with van der Waals surface area (Å²) >= 11 is 1.32. The number of carbonyl (C=O) groups is 3. The van der Waals surface area contributed by atoms with Gasteiger partial charge in [0.15, 0.2) is 5.13 Å². The molecule has 4 rings (SSSR count). The number of aryl methyl sites for hydroxylation is 1. The molecule has 0 saturated carbocycles. The number of anilines is 2. The SMILES string of the molecule is CCCN1C(=O)c2ccccc2N2C(=O)CC[C@@]12C(=O)Nc1nc(C)cs1. The molecule has 0 spiro atoms. The smallest absolute Gasteiger partial charge is 0.273 e. The van der Waals surface area contributed by atoms with E-state index in [4.69, 9.17) is 0 Å². The van der Waals surface area contributed by atoms with Gasteiger partial charge in [0.2, 0.25) is 11.6 Å². The van der Waals surface area contributed by atoms with Crippen LogP contribution in [0, 0.1) is 6.92 Å². The van der Waals surface area contributed by atoms with Crippen LogP contribution in [0.2, 0.25) is 0 Å². The highest BCUT2D eigenvalue weighted by molar-refractivity contribution is 7.13. The molecule has 27 heavy (non-hydrogen) atoms. The summed E-state index contributed by atoms with van der Waals surface area (Å²) in [6.45, 7) is 4.19. The molecule has 2 aliphatic rings. The van der Waals surface area contributed by atoms with Crippen molar-refractivity contribution in [2.24, 2.45) is 0 Å². The number of fused-ring (bicyclic) bond motifs is 3. The Hall–Kier alpha value is -2.74. The molecule has 7 nitrogen and oxygen atoms in total. The van der Waals surface area contributed by atoms with Crippen LogP contribution in [0.1, 0.15) is 42.2 Å². The molecule has 0 radical (unpaired) electrons. The molecule has 1 saturated heterocycles. The summed E-state index contributed by atoms with van der Waals surface area (Å²) in [6.07, 6.45) is 1.16. The van der Waals surface area contributed by atoms with Crippen molar-refractivity contribution in [1.29, 1.82) is 0 Å². The van der Waals surface area contributed by atoms with Gasteiger partial charge in [-0.2, -0.15) is 0 Å². The maximum Gasteiger partial charge on any atom is 0.273 e. The lowest BCUT2D eigenvalue weighted by atomic mass is 9.95. The van der Waals surface area contributed by atoms with E-state index in [1.165, 1.54) is 16.2 Å². The van der Waals surface area contributed by atoms with Crippen molar-refractivity contribution in [1.82, 2.24) is 9.88 Å². The first-order chi connectivity index (χ1) is 13.0. The fraction of sp³-hybridized carbons (Fsp3) is 0.368. The summed E-state index contributed by atoms with van der Waals surface area (Å²) in [5.74, 6) is -0.760. The van der Waals surface area contributed by atoms with E-state index < -0.39 is 5.66 Å². The molecular weight excluding hydrogens is 364 g/mol. The summed E-state index contributed by atoms with van der Waals surface area (Å²) in [6, 6.07) is 6.99. The third-order valence-electron chi connectivity index (χ3n) is 5.02. The lowest BCUT2D eigenvalue weighted by Crippen LogP contribution is -2.69. The van der Waals surface area contributed by atoms with Gasteiger partial charge in [-0.05, 0) is 25.5 Å². The molecule has 1 N–H and O–H groups in total. The lowest BCUT2D eigenvalue weighted by Gasteiger charge is -2.49. The third kappa shape index (κ3) is 2.55. The van der Waals surface area contributed by atoms with Crippen LogP contribution in [0.5, 0.6) is 0 Å². The molecule has 0 aliphatic carbocycles. The average Bonchev–Trinajstić information content (AvgIpc) is 3.22. The van der Waals surface area contributed by atoms with Crippen molar-refractivity contribution < 1.29 is 14.4 Å². The van der Waals surface area contributed by atoms with E-state index >= 15 is 0 Å². The monoisotopic (exact) mass is 384 g/mol. The van der Waals surface area contributed by atoms with Crippen molar-refractivity contribution >= 4 is 39.9 Å². The zero-order chi connectivity index (χ0) is 19.2. The normalized spacial score (nSPS) is 21.3. The largest absolute Gasteiger partial charge is 0.307 e. The number of nitrogens with one attached hydrogen (secondary N) is 1. The Kier molecular flexibility index (Phi) is 4.22. The molecule has 3 heterocycles. The topological polar surface area (TPSA) is 82.6 Å². The zero-order valence-electron chi connectivity index (χ0n) is 15.2. The highest BCUT2D eigenvalue weighted by Gasteiger charge is 2.60. The molecule has 3 amide bonds. The fourth-order valence-electron chi connectivity index (χ4n) is 3.92. The summed E-state index contributed by atoms with van der Waals surface area (Å²) in [5.41, 5.74) is 0.415. The van der Waals surface area contributed by atoms with E-state index in [0.717, 1.165) is 5.69 Å². The first-order valence-electron chi connectivity index (χ1n) is 8.96. The van der Waals surface area contributed by atoms with Gasteiger partial charge in [-0.25, -0.2) is 4.98 Å². The van der Waals surface area contributed by atoms with Crippen molar-refractivity contribution in [3.05, 3.63) is 40.9 Å². The number of thiazole rings is 1. The predicted molar refractivity (Wildman–Crippen MR) is 103 cm³/mol. The molecule has 0 bridgehead atoms. The molecule has 1 aromatic heterocycles. The fourth-order valence-corrected chi connectivity index (χ4v) is 4.60. The molecular formula is C19H20N4O3S. The molecule has 0 unspecified atom stereocenters. The quantitative estimate of drug-likeness (QED) is 0.879. The maximum absolute atomic E-state index is 13.4. The van der Waals surface area contributed by atoms with Crippen molar-refractivity contribution in [3.63, 3.8) is 0 Å². The van der Waals surface area contributed by atoms with Gasteiger partial charge in [-0.1, -0.05) is 19.1 Å². The number of hydrogen-bond acceptors (Lipinski definition) is 5. The number of nitrogens with zero attached hydrogens (tertiary/aromatic N) is 3. The van der Waals surface area contributed by atoms with Crippen LogP contribution >= 0.6 is 11.3 Å². The van der Waals surface area contributed by atoms with Gasteiger partial charge in [0, 0.05) is 24.8 Å². The molecule has 2 aliphatic heterocycles. The highest BCUT2D eigenvalue weighted by Crippen LogP contribution is 2.45. The second-order valence-corrected chi connectivity index (χ2v) is 7.63. The summed E-state index contributed by atoms with van der Waals surface area (Å²) in [7, 11) is 0. The van der Waals surface area contributed by atoms with E-state index in [0.29, 0.717) is 29.3 Å². The van der Waals surface area contributed by atoms with Gasteiger partial charge < -0.3 is 4.90 Å². The Balaban J connectivity index is 1.85. The minimum Gasteiger partial charge on any atom is -0.307 e. The maximum atomic E-state index is 13.4. The van der Waals surface area contributed by atoms with E-state index in [2.05, 4.69) is 10.3 Å². The number of para-hydroxylation sites is 1. The third-order valence-corrected chi connectivity index (χ3v) is 5.90. The van der Waals surface area contributed by atoms with Crippen LogP contribution in [-0.2, 0) is 9.59 Å². The first kappa shape index (κ1) is 17.7. The molecule has 1 fully saturated rings. The minimum atomic E-state index is -1.35.